The molecule has 0 aliphatic heterocycles. The van der Waals surface area contributed by atoms with Crippen molar-refractivity contribution < 1.29 is 4.92 Å². The van der Waals surface area contributed by atoms with E-state index in [0.29, 0.717) is 11.1 Å². The zero-order valence-corrected chi connectivity index (χ0v) is 17.9. The number of aryl methyl sites for hydroxylation is 2. The zero-order valence-electron chi connectivity index (χ0n) is 17.9. The fraction of sp³-hybridized carbons (Fsp3) is 0.0741. The number of hydrogen-bond acceptors (Lipinski definition) is 4. The van der Waals surface area contributed by atoms with Crippen molar-refractivity contribution in [1.82, 2.24) is 9.55 Å². The summed E-state index contributed by atoms with van der Waals surface area (Å²) in [5, 5.41) is 16.5. The Kier molecular flexibility index (Phi) is 5.55. The average molecular weight is 434 g/mol. The van der Waals surface area contributed by atoms with Gasteiger partial charge in [0.15, 0.2) is 0 Å². The minimum Gasteiger partial charge on any atom is -0.350 e. The first kappa shape index (κ1) is 20.5. The Morgan fingerprint density at radius 2 is 1.64 bits per heavy atom. The number of nitrogens with one attached hydrogen (secondary N) is 1. The van der Waals surface area contributed by atoms with E-state index in [2.05, 4.69) is 39.1 Å². The number of rotatable bonds is 7. The lowest BCUT2D eigenvalue weighted by Gasteiger charge is -2.11. The number of imidazole rings is 1. The second-order valence-corrected chi connectivity index (χ2v) is 7.82. The van der Waals surface area contributed by atoms with Gasteiger partial charge >= 0.3 is 0 Å². The maximum absolute atomic E-state index is 11.8. The van der Waals surface area contributed by atoms with Gasteiger partial charge in [-0.25, -0.2) is 4.98 Å². The largest absolute Gasteiger partial charge is 0.350 e. The second-order valence-electron chi connectivity index (χ2n) is 7.82. The molecule has 0 spiro atoms. The summed E-state index contributed by atoms with van der Waals surface area (Å²) >= 11 is 0. The lowest BCUT2D eigenvalue weighted by molar-refractivity contribution is -0.382. The SMILES string of the molecule is O=[N+]([O-])c1c(Nc2ccc(-c3nccn3CCc3ccccc3)cc2)ccc2ccccc12. The molecular weight excluding hydrogens is 412 g/mol. The molecular formula is C27H22N4O2. The number of nitrogens with zero attached hydrogens (tertiary/aromatic N) is 3. The molecule has 0 bridgehead atoms. The van der Waals surface area contributed by atoms with E-state index in [4.69, 9.17) is 0 Å². The molecule has 5 aromatic rings. The van der Waals surface area contributed by atoms with Gasteiger partial charge in [0.25, 0.3) is 5.69 Å². The van der Waals surface area contributed by atoms with Crippen LogP contribution in [0, 0.1) is 10.1 Å². The summed E-state index contributed by atoms with van der Waals surface area (Å²) < 4.78 is 2.14. The lowest BCUT2D eigenvalue weighted by atomic mass is 10.1. The molecule has 4 aromatic carbocycles. The van der Waals surface area contributed by atoms with Crippen LogP contribution >= 0.6 is 0 Å². The van der Waals surface area contributed by atoms with Gasteiger partial charge in [-0.15, -0.1) is 0 Å². The number of aromatic nitrogens is 2. The number of benzene rings is 4. The predicted octanol–water partition coefficient (Wildman–Crippen LogP) is 6.60. The monoisotopic (exact) mass is 434 g/mol. The van der Waals surface area contributed by atoms with Gasteiger partial charge in [-0.2, -0.15) is 0 Å². The van der Waals surface area contributed by atoms with Gasteiger partial charge < -0.3 is 9.88 Å². The number of hydrogen-bond donors (Lipinski definition) is 1. The van der Waals surface area contributed by atoms with Crippen LogP contribution < -0.4 is 5.32 Å². The standard InChI is InChI=1S/C27H22N4O2/c32-31(33)26-24-9-5-4-8-21(24)12-15-25(26)29-23-13-10-22(11-14-23)27-28-17-19-30(27)18-16-20-6-2-1-3-7-20/h1-15,17,19,29H,16,18H2. The Bertz CT molecular complexity index is 1410. The molecule has 0 atom stereocenters. The Morgan fingerprint density at radius 1 is 0.879 bits per heavy atom. The van der Waals surface area contributed by atoms with Crippen molar-refractivity contribution in [3.8, 4) is 11.4 Å². The molecule has 0 unspecified atom stereocenters. The molecule has 0 saturated heterocycles. The van der Waals surface area contributed by atoms with E-state index < -0.39 is 0 Å². The van der Waals surface area contributed by atoms with E-state index in [9.17, 15) is 10.1 Å². The molecule has 0 aliphatic carbocycles. The van der Waals surface area contributed by atoms with Crippen LogP contribution in [0.1, 0.15) is 5.56 Å². The first-order valence-corrected chi connectivity index (χ1v) is 10.8. The van der Waals surface area contributed by atoms with Gasteiger partial charge in [0, 0.05) is 30.2 Å². The van der Waals surface area contributed by atoms with Crippen molar-refractivity contribution in [2.75, 3.05) is 5.32 Å². The average Bonchev–Trinajstić information content (AvgIpc) is 3.32. The van der Waals surface area contributed by atoms with Gasteiger partial charge in [0.05, 0.1) is 10.3 Å². The van der Waals surface area contributed by atoms with Crippen LogP contribution in [0.3, 0.4) is 0 Å². The lowest BCUT2D eigenvalue weighted by Crippen LogP contribution is -2.02. The molecule has 6 nitrogen and oxygen atoms in total. The number of fused-ring (bicyclic) bond motifs is 1. The molecule has 0 saturated carbocycles. The summed E-state index contributed by atoms with van der Waals surface area (Å²) in [6.45, 7) is 0.836. The highest BCUT2D eigenvalue weighted by atomic mass is 16.6. The van der Waals surface area contributed by atoms with Crippen molar-refractivity contribution in [3.63, 3.8) is 0 Å². The maximum atomic E-state index is 11.8. The fourth-order valence-corrected chi connectivity index (χ4v) is 4.06. The molecule has 1 aromatic heterocycles. The number of nitro benzene ring substituents is 1. The van der Waals surface area contributed by atoms with E-state index in [1.165, 1.54) is 5.56 Å². The number of anilines is 2. The summed E-state index contributed by atoms with van der Waals surface area (Å²) in [6.07, 6.45) is 4.73. The summed E-state index contributed by atoms with van der Waals surface area (Å²) in [4.78, 5) is 16.0. The molecule has 1 heterocycles. The first-order chi connectivity index (χ1) is 16.2. The van der Waals surface area contributed by atoms with Crippen molar-refractivity contribution in [2.24, 2.45) is 0 Å². The van der Waals surface area contributed by atoms with Gasteiger partial charge in [-0.1, -0.05) is 54.6 Å². The molecule has 1 N–H and O–H groups in total. The Labute approximate surface area is 191 Å². The first-order valence-electron chi connectivity index (χ1n) is 10.8. The Balaban J connectivity index is 1.37. The maximum Gasteiger partial charge on any atom is 0.300 e. The van der Waals surface area contributed by atoms with Crippen molar-refractivity contribution >= 4 is 27.8 Å². The third-order valence-corrected chi connectivity index (χ3v) is 5.70. The minimum absolute atomic E-state index is 0.0774. The highest BCUT2D eigenvalue weighted by molar-refractivity contribution is 5.97. The van der Waals surface area contributed by atoms with Crippen LogP contribution in [-0.2, 0) is 13.0 Å². The van der Waals surface area contributed by atoms with Crippen molar-refractivity contribution in [3.05, 3.63) is 119 Å². The molecule has 0 amide bonds. The molecule has 6 heteroatoms. The zero-order chi connectivity index (χ0) is 22.6. The summed E-state index contributed by atoms with van der Waals surface area (Å²) in [5.74, 6) is 0.897. The molecule has 0 aliphatic rings. The Morgan fingerprint density at radius 3 is 2.42 bits per heavy atom. The molecule has 162 valence electrons. The fourth-order valence-electron chi connectivity index (χ4n) is 4.06. The quantitative estimate of drug-likeness (QED) is 0.231. The van der Waals surface area contributed by atoms with E-state index in [1.54, 1.807) is 12.1 Å². The topological polar surface area (TPSA) is 73.0 Å². The van der Waals surface area contributed by atoms with E-state index in [0.717, 1.165) is 35.4 Å². The predicted molar refractivity (Wildman–Crippen MR) is 132 cm³/mol. The van der Waals surface area contributed by atoms with Crippen LogP contribution in [0.5, 0.6) is 0 Å². The summed E-state index contributed by atoms with van der Waals surface area (Å²) in [5.41, 5.74) is 3.60. The Hall–Kier alpha value is -4.45. The highest BCUT2D eigenvalue weighted by Crippen LogP contribution is 2.35. The third kappa shape index (κ3) is 4.32. The molecule has 0 radical (unpaired) electrons. The molecule has 33 heavy (non-hydrogen) atoms. The van der Waals surface area contributed by atoms with Gasteiger partial charge in [-0.05, 0) is 53.8 Å². The van der Waals surface area contributed by atoms with Crippen molar-refractivity contribution in [2.45, 2.75) is 13.0 Å². The second kappa shape index (κ2) is 8.96. The summed E-state index contributed by atoms with van der Waals surface area (Å²) in [7, 11) is 0. The minimum atomic E-state index is -0.331. The third-order valence-electron chi connectivity index (χ3n) is 5.70. The molecule has 0 fully saturated rings. The van der Waals surface area contributed by atoms with Crippen LogP contribution in [0.25, 0.3) is 22.2 Å². The van der Waals surface area contributed by atoms with Crippen LogP contribution in [0.2, 0.25) is 0 Å². The van der Waals surface area contributed by atoms with E-state index in [-0.39, 0.29) is 10.6 Å². The van der Waals surface area contributed by atoms with Crippen LogP contribution in [0.4, 0.5) is 17.1 Å². The van der Waals surface area contributed by atoms with Gasteiger partial charge in [0.1, 0.15) is 11.5 Å². The van der Waals surface area contributed by atoms with Gasteiger partial charge in [-0.3, -0.25) is 10.1 Å². The number of nitro groups is 1. The van der Waals surface area contributed by atoms with Crippen LogP contribution in [0.15, 0.2) is 103 Å². The van der Waals surface area contributed by atoms with Gasteiger partial charge in [0.2, 0.25) is 0 Å². The molecule has 5 rings (SSSR count). The van der Waals surface area contributed by atoms with Crippen molar-refractivity contribution in [1.29, 1.82) is 0 Å². The van der Waals surface area contributed by atoms with E-state index >= 15 is 0 Å². The summed E-state index contributed by atoms with van der Waals surface area (Å²) in [6, 6.07) is 29.2. The van der Waals surface area contributed by atoms with E-state index in [1.807, 2.05) is 67.0 Å². The smallest absolute Gasteiger partial charge is 0.300 e. The van der Waals surface area contributed by atoms with Crippen LogP contribution in [-0.4, -0.2) is 14.5 Å². The highest BCUT2D eigenvalue weighted by Gasteiger charge is 2.18. The normalized spacial score (nSPS) is 10.9.